The molecule has 2 atom stereocenters. The van der Waals surface area contributed by atoms with Crippen LogP contribution < -0.4 is 15.0 Å². The smallest absolute Gasteiger partial charge is 0.305 e. The molecule has 2 fully saturated rings. The van der Waals surface area contributed by atoms with E-state index in [1.54, 1.807) is 6.92 Å². The van der Waals surface area contributed by atoms with E-state index in [1.807, 2.05) is 18.2 Å². The molecule has 0 aliphatic carbocycles. The van der Waals surface area contributed by atoms with Gasteiger partial charge in [-0.05, 0) is 42.5 Å². The van der Waals surface area contributed by atoms with Gasteiger partial charge >= 0.3 is 5.97 Å². The summed E-state index contributed by atoms with van der Waals surface area (Å²) in [5.74, 6) is -0.462. The maximum Gasteiger partial charge on any atom is 0.305 e. The van der Waals surface area contributed by atoms with Crippen LogP contribution in [0.2, 0.25) is 0 Å². The van der Waals surface area contributed by atoms with Crippen molar-refractivity contribution in [1.82, 2.24) is 10.2 Å². The quantitative estimate of drug-likeness (QED) is 0.615. The van der Waals surface area contributed by atoms with Crippen molar-refractivity contribution in [2.75, 3.05) is 50.9 Å². The number of hydrogen-bond donors (Lipinski definition) is 1. The number of nitrogens with zero attached hydrogens (tertiary/aromatic N) is 2. The number of esters is 1. The number of carbonyl (C=O) groups is 2. The molecule has 0 bridgehead atoms. The molecule has 0 unspecified atom stereocenters. The van der Waals surface area contributed by atoms with Crippen LogP contribution >= 0.6 is 0 Å². The molecule has 0 spiro atoms. The summed E-state index contributed by atoms with van der Waals surface area (Å²) in [5, 5.41) is 3.04. The fourth-order valence-electron chi connectivity index (χ4n) is 4.91. The van der Waals surface area contributed by atoms with Crippen LogP contribution in [0.4, 0.5) is 10.1 Å². The summed E-state index contributed by atoms with van der Waals surface area (Å²) in [6.45, 7) is 7.41. The minimum atomic E-state index is -0.607. The average molecular weight is 498 g/mol. The molecule has 3 aliphatic rings. The average Bonchev–Trinajstić information content (AvgIpc) is 3.02. The normalized spacial score (nSPS) is 22.6. The molecule has 0 saturated carbocycles. The van der Waals surface area contributed by atoms with Gasteiger partial charge in [0.25, 0.3) is 5.91 Å². The highest BCUT2D eigenvalue weighted by molar-refractivity contribution is 5.94. The number of rotatable bonds is 6. The third-order valence-electron chi connectivity index (χ3n) is 7.14. The van der Waals surface area contributed by atoms with Crippen LogP contribution in [-0.2, 0) is 14.3 Å². The zero-order chi connectivity index (χ0) is 25.1. The van der Waals surface area contributed by atoms with Crippen LogP contribution in [0.1, 0.15) is 41.7 Å². The van der Waals surface area contributed by atoms with Gasteiger partial charge in [-0.2, -0.15) is 0 Å². The second-order valence-corrected chi connectivity index (χ2v) is 9.41. The van der Waals surface area contributed by atoms with Crippen molar-refractivity contribution in [3.63, 3.8) is 0 Å². The Morgan fingerprint density at radius 2 is 1.83 bits per heavy atom. The van der Waals surface area contributed by atoms with E-state index in [1.165, 1.54) is 24.3 Å². The summed E-state index contributed by atoms with van der Waals surface area (Å²) >= 11 is 0. The molecule has 2 aromatic rings. The lowest BCUT2D eigenvalue weighted by atomic mass is 9.97. The van der Waals surface area contributed by atoms with Crippen LogP contribution in [0.3, 0.4) is 0 Å². The molecule has 1 N–H and O–H groups in total. The highest BCUT2D eigenvalue weighted by Gasteiger charge is 2.34. The molecule has 2 aromatic carbocycles. The third-order valence-corrected chi connectivity index (χ3v) is 7.14. The van der Waals surface area contributed by atoms with Crippen molar-refractivity contribution >= 4 is 17.6 Å². The number of fused-ring (bicyclic) bond motifs is 1. The minimum absolute atomic E-state index is 0.235. The molecule has 2 saturated heterocycles. The van der Waals surface area contributed by atoms with Crippen LogP contribution in [0.25, 0.3) is 0 Å². The van der Waals surface area contributed by atoms with Crippen LogP contribution in [0.15, 0.2) is 42.5 Å². The fraction of sp³-hybridized carbons (Fsp3) is 0.481. The number of ether oxygens (including phenoxy) is 3. The van der Waals surface area contributed by atoms with E-state index in [4.69, 9.17) is 14.2 Å². The highest BCUT2D eigenvalue weighted by atomic mass is 19.1. The zero-order valence-corrected chi connectivity index (χ0v) is 20.5. The first kappa shape index (κ1) is 24.5. The summed E-state index contributed by atoms with van der Waals surface area (Å²) in [6.07, 6.45) is 0.0830. The van der Waals surface area contributed by atoms with Gasteiger partial charge in [-0.1, -0.05) is 6.92 Å². The second kappa shape index (κ2) is 10.8. The van der Waals surface area contributed by atoms with Gasteiger partial charge < -0.3 is 24.4 Å². The monoisotopic (exact) mass is 497 g/mol. The van der Waals surface area contributed by atoms with Crippen molar-refractivity contribution in [3.05, 3.63) is 59.4 Å². The number of hydrogen-bond acceptors (Lipinski definition) is 7. The van der Waals surface area contributed by atoms with Gasteiger partial charge in [0.1, 0.15) is 17.7 Å². The van der Waals surface area contributed by atoms with E-state index in [9.17, 15) is 14.0 Å². The Morgan fingerprint density at radius 3 is 2.50 bits per heavy atom. The lowest BCUT2D eigenvalue weighted by molar-refractivity contribution is -0.150. The van der Waals surface area contributed by atoms with Crippen molar-refractivity contribution in [2.24, 2.45) is 0 Å². The first-order valence-corrected chi connectivity index (χ1v) is 12.6. The van der Waals surface area contributed by atoms with E-state index >= 15 is 0 Å². The number of anilines is 1. The number of carbonyl (C=O) groups excluding carboxylic acids is 2. The minimum Gasteiger partial charge on any atom is -0.493 e. The molecule has 1 amide bonds. The van der Waals surface area contributed by atoms with Crippen molar-refractivity contribution in [1.29, 1.82) is 0 Å². The lowest BCUT2D eigenvalue weighted by Crippen LogP contribution is -2.56. The number of nitrogens with one attached hydrogen (secondary N) is 1. The molecule has 36 heavy (non-hydrogen) atoms. The van der Waals surface area contributed by atoms with Gasteiger partial charge in [-0.15, -0.1) is 0 Å². The van der Waals surface area contributed by atoms with Gasteiger partial charge in [0.05, 0.1) is 31.9 Å². The molecule has 5 rings (SSSR count). The standard InChI is InChI=1S/C27H32FN3O5/c1-2-25(32)36-24-9-14-35-23-8-7-20(30-10-12-31(13-11-30)21-16-34-17-21)15-22(23)26(24)29-27(33)18-3-5-19(28)6-4-18/h3-8,15,21,24,26H,2,9-14,16-17H2,1H3,(H,29,33)/t24-,26-/m0/s1. The summed E-state index contributed by atoms with van der Waals surface area (Å²) in [4.78, 5) is 30.2. The van der Waals surface area contributed by atoms with E-state index in [-0.39, 0.29) is 18.3 Å². The van der Waals surface area contributed by atoms with E-state index < -0.39 is 18.0 Å². The molecule has 9 heteroatoms. The molecule has 3 aliphatic heterocycles. The van der Waals surface area contributed by atoms with Gasteiger partial charge in [0.15, 0.2) is 0 Å². The van der Waals surface area contributed by atoms with E-state index in [0.29, 0.717) is 30.4 Å². The summed E-state index contributed by atoms with van der Waals surface area (Å²) in [6, 6.07) is 11.3. The van der Waals surface area contributed by atoms with Crippen molar-refractivity contribution in [3.8, 4) is 5.75 Å². The molecular weight excluding hydrogens is 465 g/mol. The fourth-order valence-corrected chi connectivity index (χ4v) is 4.91. The Hall–Kier alpha value is -3.17. The number of piperazine rings is 1. The SMILES string of the molecule is CCC(=O)O[C@H]1CCOc2ccc(N3CCN(C4COC4)CC3)cc2[C@@H]1NC(=O)c1ccc(F)cc1. The number of halogens is 1. The van der Waals surface area contributed by atoms with Gasteiger partial charge in [-0.3, -0.25) is 14.5 Å². The largest absolute Gasteiger partial charge is 0.493 e. The summed E-state index contributed by atoms with van der Waals surface area (Å²) < 4.78 is 30.5. The Morgan fingerprint density at radius 1 is 1.08 bits per heavy atom. The molecule has 0 radical (unpaired) electrons. The van der Waals surface area contributed by atoms with Crippen molar-refractivity contribution in [2.45, 2.75) is 38.0 Å². The first-order chi connectivity index (χ1) is 17.5. The van der Waals surface area contributed by atoms with Gasteiger partial charge in [-0.25, -0.2) is 4.39 Å². The third kappa shape index (κ3) is 5.32. The number of amides is 1. The summed E-state index contributed by atoms with van der Waals surface area (Å²) in [5.41, 5.74) is 2.13. The first-order valence-electron chi connectivity index (χ1n) is 12.6. The predicted molar refractivity (Wildman–Crippen MR) is 132 cm³/mol. The van der Waals surface area contributed by atoms with Crippen LogP contribution in [0, 0.1) is 5.82 Å². The Kier molecular flexibility index (Phi) is 7.38. The second-order valence-electron chi connectivity index (χ2n) is 9.41. The lowest BCUT2D eigenvalue weighted by Gasteiger charge is -2.43. The number of benzene rings is 2. The Bertz CT molecular complexity index is 1080. The predicted octanol–water partition coefficient (Wildman–Crippen LogP) is 2.92. The van der Waals surface area contributed by atoms with Crippen LogP contribution in [-0.4, -0.2) is 74.9 Å². The van der Waals surface area contributed by atoms with Crippen LogP contribution in [0.5, 0.6) is 5.75 Å². The molecule has 192 valence electrons. The van der Waals surface area contributed by atoms with E-state index in [0.717, 1.165) is 50.6 Å². The van der Waals surface area contributed by atoms with Gasteiger partial charge in [0, 0.05) is 55.8 Å². The maximum atomic E-state index is 13.4. The maximum absolute atomic E-state index is 13.4. The molecule has 3 heterocycles. The Labute approximate surface area is 210 Å². The summed E-state index contributed by atoms with van der Waals surface area (Å²) in [7, 11) is 0. The zero-order valence-electron chi connectivity index (χ0n) is 20.5. The molecule has 8 nitrogen and oxygen atoms in total. The highest BCUT2D eigenvalue weighted by Crippen LogP contribution is 2.37. The molecular formula is C27H32FN3O5. The van der Waals surface area contributed by atoms with E-state index in [2.05, 4.69) is 15.1 Å². The van der Waals surface area contributed by atoms with Gasteiger partial charge in [0.2, 0.25) is 0 Å². The Balaban J connectivity index is 1.41. The van der Waals surface area contributed by atoms with Crippen molar-refractivity contribution < 1.29 is 28.2 Å². The topological polar surface area (TPSA) is 80.3 Å². The molecule has 0 aromatic heterocycles.